The number of hydrogen-bond acceptors (Lipinski definition) is 5. The van der Waals surface area contributed by atoms with E-state index in [-0.39, 0.29) is 16.5 Å². The van der Waals surface area contributed by atoms with E-state index in [1.165, 1.54) is 33.8 Å². The molecule has 0 aliphatic carbocycles. The van der Waals surface area contributed by atoms with Crippen molar-refractivity contribution in [1.29, 1.82) is 0 Å². The number of rotatable bonds is 4. The Bertz CT molecular complexity index is 1130. The lowest BCUT2D eigenvalue weighted by Crippen LogP contribution is -2.38. The number of hydrogen-bond donors (Lipinski definition) is 1. The van der Waals surface area contributed by atoms with Crippen LogP contribution in [0.4, 0.5) is 0 Å². The molecule has 1 aliphatic rings. The first kappa shape index (κ1) is 19.5. The molecule has 6 nitrogen and oxygen atoms in total. The van der Waals surface area contributed by atoms with Crippen molar-refractivity contribution in [2.75, 3.05) is 6.54 Å². The summed E-state index contributed by atoms with van der Waals surface area (Å²) >= 11 is 4.81. The number of benzene rings is 2. The van der Waals surface area contributed by atoms with Crippen molar-refractivity contribution in [3.05, 3.63) is 57.5 Å². The monoisotopic (exact) mass is 479 g/mol. The van der Waals surface area contributed by atoms with Crippen LogP contribution in [0.15, 0.2) is 51.8 Å². The lowest BCUT2D eigenvalue weighted by Gasteiger charge is -2.33. The number of carbonyl (C=O) groups is 1. The summed E-state index contributed by atoms with van der Waals surface area (Å²) in [5.74, 6) is -0.667. The second-order valence-electron chi connectivity index (χ2n) is 6.69. The fraction of sp³-hybridized carbons (Fsp3) is 0.263. The van der Waals surface area contributed by atoms with Gasteiger partial charge in [0.2, 0.25) is 15.9 Å². The number of aromatic nitrogens is 1. The minimum atomic E-state index is -3.81. The van der Waals surface area contributed by atoms with E-state index >= 15 is 0 Å². The molecule has 4 rings (SSSR count). The average molecular weight is 480 g/mol. The van der Waals surface area contributed by atoms with Crippen LogP contribution >= 0.6 is 27.3 Å². The maximum atomic E-state index is 13.4. The van der Waals surface area contributed by atoms with Gasteiger partial charge in [0.15, 0.2) is 0 Å². The first-order valence-electron chi connectivity index (χ1n) is 8.84. The van der Waals surface area contributed by atoms with Crippen LogP contribution in [0.5, 0.6) is 0 Å². The van der Waals surface area contributed by atoms with Crippen molar-refractivity contribution in [3.8, 4) is 0 Å². The Hall–Kier alpha value is -1.81. The van der Waals surface area contributed by atoms with Gasteiger partial charge >= 0.3 is 0 Å². The molecule has 1 saturated heterocycles. The van der Waals surface area contributed by atoms with E-state index < -0.39 is 15.9 Å². The highest BCUT2D eigenvalue weighted by Gasteiger charge is 2.36. The lowest BCUT2D eigenvalue weighted by molar-refractivity contribution is 0.1000. The number of halogens is 1. The number of amides is 1. The van der Waals surface area contributed by atoms with Crippen LogP contribution in [0.25, 0.3) is 10.2 Å². The smallest absolute Gasteiger partial charge is 0.248 e. The zero-order valence-corrected chi connectivity index (χ0v) is 18.1. The van der Waals surface area contributed by atoms with Crippen LogP contribution in [-0.2, 0) is 10.0 Å². The Morgan fingerprint density at radius 3 is 2.75 bits per heavy atom. The minimum Gasteiger partial charge on any atom is -0.366 e. The summed E-state index contributed by atoms with van der Waals surface area (Å²) in [6, 6.07) is 11.9. The standard InChI is InChI=1S/C19H18BrN3O3S2/c20-13-9-12(18(21)24)10-14(11-13)28(25,26)23-8-4-3-6-16(23)19-22-15-5-1-2-7-17(15)27-19/h1-2,5,7,9-11,16H,3-4,6,8H2,(H2,21,24). The fourth-order valence-corrected chi connectivity index (χ4v) is 7.02. The molecule has 2 N–H and O–H groups in total. The highest BCUT2D eigenvalue weighted by Crippen LogP contribution is 2.39. The molecule has 1 amide bonds. The van der Waals surface area contributed by atoms with Crippen molar-refractivity contribution < 1.29 is 13.2 Å². The molecule has 0 radical (unpaired) electrons. The third-order valence-corrected chi connectivity index (χ3v) is 8.29. The Morgan fingerprint density at radius 2 is 2.00 bits per heavy atom. The molecule has 1 fully saturated rings. The molecule has 1 aliphatic heterocycles. The molecular formula is C19H18BrN3O3S2. The Morgan fingerprint density at radius 1 is 1.21 bits per heavy atom. The van der Waals surface area contributed by atoms with Crippen LogP contribution in [0.2, 0.25) is 0 Å². The number of para-hydroxylation sites is 1. The van der Waals surface area contributed by atoms with Gasteiger partial charge < -0.3 is 5.73 Å². The number of sulfonamides is 1. The minimum absolute atomic E-state index is 0.0590. The van der Waals surface area contributed by atoms with E-state index in [0.29, 0.717) is 11.0 Å². The molecule has 0 saturated carbocycles. The normalized spacial score (nSPS) is 18.4. The maximum absolute atomic E-state index is 13.4. The van der Waals surface area contributed by atoms with Crippen LogP contribution in [-0.4, -0.2) is 30.2 Å². The molecule has 1 atom stereocenters. The number of carbonyl (C=O) groups excluding carboxylic acids is 1. The third kappa shape index (κ3) is 3.59. The summed E-state index contributed by atoms with van der Waals surface area (Å²) in [6.07, 6.45) is 2.45. The highest BCUT2D eigenvalue weighted by molar-refractivity contribution is 9.10. The molecule has 28 heavy (non-hydrogen) atoms. The number of fused-ring (bicyclic) bond motifs is 1. The fourth-order valence-electron chi connectivity index (χ4n) is 3.46. The first-order chi connectivity index (χ1) is 13.4. The van der Waals surface area contributed by atoms with Crippen molar-refractivity contribution in [1.82, 2.24) is 9.29 Å². The average Bonchev–Trinajstić information content (AvgIpc) is 3.11. The van der Waals surface area contributed by atoms with Crippen LogP contribution in [0.3, 0.4) is 0 Å². The second kappa shape index (κ2) is 7.55. The maximum Gasteiger partial charge on any atom is 0.248 e. The van der Waals surface area contributed by atoms with Gasteiger partial charge in [0.1, 0.15) is 5.01 Å². The van der Waals surface area contributed by atoms with Gasteiger partial charge in [-0.1, -0.05) is 34.5 Å². The SMILES string of the molecule is NC(=O)c1cc(Br)cc(S(=O)(=O)N2CCCCC2c2nc3ccccc3s2)c1. The van der Waals surface area contributed by atoms with Crippen LogP contribution < -0.4 is 5.73 Å². The van der Waals surface area contributed by atoms with Gasteiger partial charge in [-0.25, -0.2) is 13.4 Å². The number of primary amides is 1. The molecule has 146 valence electrons. The van der Waals surface area contributed by atoms with Gasteiger partial charge in [-0.2, -0.15) is 4.31 Å². The quantitative estimate of drug-likeness (QED) is 0.609. The van der Waals surface area contributed by atoms with Gasteiger partial charge in [-0.15, -0.1) is 11.3 Å². The number of nitrogens with zero attached hydrogens (tertiary/aromatic N) is 2. The van der Waals surface area contributed by atoms with Crippen molar-refractivity contribution in [2.45, 2.75) is 30.2 Å². The van der Waals surface area contributed by atoms with E-state index in [0.717, 1.165) is 34.5 Å². The Balaban J connectivity index is 1.77. The number of piperidine rings is 1. The number of thiazole rings is 1. The van der Waals surface area contributed by atoms with E-state index in [1.807, 2.05) is 24.3 Å². The highest BCUT2D eigenvalue weighted by atomic mass is 79.9. The molecule has 1 aromatic heterocycles. The van der Waals surface area contributed by atoms with Crippen molar-refractivity contribution in [3.63, 3.8) is 0 Å². The molecule has 1 unspecified atom stereocenters. The van der Waals surface area contributed by atoms with E-state index in [2.05, 4.69) is 20.9 Å². The van der Waals surface area contributed by atoms with Crippen molar-refractivity contribution in [2.24, 2.45) is 5.73 Å². The van der Waals surface area contributed by atoms with E-state index in [9.17, 15) is 13.2 Å². The topological polar surface area (TPSA) is 93.4 Å². The molecular weight excluding hydrogens is 462 g/mol. The molecule has 9 heteroatoms. The summed E-state index contributed by atoms with van der Waals surface area (Å²) in [4.78, 5) is 16.3. The summed E-state index contributed by atoms with van der Waals surface area (Å²) in [6.45, 7) is 0.418. The summed E-state index contributed by atoms with van der Waals surface area (Å²) in [5, 5.41) is 0.801. The van der Waals surface area contributed by atoms with Crippen molar-refractivity contribution >= 4 is 53.4 Å². The van der Waals surface area contributed by atoms with Gasteiger partial charge in [-0.05, 0) is 43.2 Å². The predicted molar refractivity (Wildman–Crippen MR) is 113 cm³/mol. The van der Waals surface area contributed by atoms with E-state index in [4.69, 9.17) is 5.73 Å². The predicted octanol–water partition coefficient (Wildman–Crippen LogP) is 4.07. The largest absolute Gasteiger partial charge is 0.366 e. The van der Waals surface area contributed by atoms with Gasteiger partial charge in [-0.3, -0.25) is 4.79 Å². The summed E-state index contributed by atoms with van der Waals surface area (Å²) < 4.78 is 29.9. The Kier molecular flexibility index (Phi) is 5.26. The molecule has 0 spiro atoms. The van der Waals surface area contributed by atoms with E-state index in [1.54, 1.807) is 0 Å². The molecule has 2 aromatic carbocycles. The third-order valence-electron chi connectivity index (χ3n) is 4.81. The zero-order chi connectivity index (χ0) is 19.9. The first-order valence-corrected chi connectivity index (χ1v) is 11.9. The van der Waals surface area contributed by atoms with Crippen LogP contribution in [0, 0.1) is 0 Å². The second-order valence-corrected chi connectivity index (χ2v) is 10.6. The van der Waals surface area contributed by atoms with Gasteiger partial charge in [0.05, 0.1) is 21.2 Å². The lowest BCUT2D eigenvalue weighted by atomic mass is 10.1. The van der Waals surface area contributed by atoms with Gasteiger partial charge in [0.25, 0.3) is 0 Å². The molecule has 3 aromatic rings. The zero-order valence-electron chi connectivity index (χ0n) is 14.8. The summed E-state index contributed by atoms with van der Waals surface area (Å²) in [5.41, 5.74) is 6.39. The molecule has 2 heterocycles. The number of nitrogens with two attached hydrogens (primary N) is 1. The summed E-state index contributed by atoms with van der Waals surface area (Å²) in [7, 11) is -3.81. The van der Waals surface area contributed by atoms with Gasteiger partial charge in [0, 0.05) is 16.6 Å². The molecule has 0 bridgehead atoms. The van der Waals surface area contributed by atoms with Crippen LogP contribution in [0.1, 0.15) is 40.7 Å². The Labute approximate surface area is 175 Å².